The van der Waals surface area contributed by atoms with E-state index in [1.807, 2.05) is 0 Å². The zero-order valence-electron chi connectivity index (χ0n) is 10.6. The molecule has 0 atom stereocenters. The highest BCUT2D eigenvalue weighted by Crippen LogP contribution is 2.18. The first kappa shape index (κ1) is 12.8. The van der Waals surface area contributed by atoms with E-state index in [9.17, 15) is 4.79 Å². The number of aromatic nitrogens is 1. The van der Waals surface area contributed by atoms with Gasteiger partial charge in [-0.3, -0.25) is 0 Å². The highest BCUT2D eigenvalue weighted by molar-refractivity contribution is 5.94. The van der Waals surface area contributed by atoms with Crippen molar-refractivity contribution in [1.82, 2.24) is 10.3 Å². The number of nitrogens with zero attached hydrogens (tertiary/aromatic N) is 1. The molecule has 0 aromatic carbocycles. The lowest BCUT2D eigenvalue weighted by atomic mass is 10.2. The first-order chi connectivity index (χ1) is 8.81. The number of esters is 1. The summed E-state index contributed by atoms with van der Waals surface area (Å²) in [6.07, 6.45) is 4.22. The summed E-state index contributed by atoms with van der Waals surface area (Å²) in [6, 6.07) is 4.15. The van der Waals surface area contributed by atoms with E-state index >= 15 is 0 Å². The monoisotopic (exact) mass is 249 g/mol. The Morgan fingerprint density at radius 1 is 1.50 bits per heavy atom. The van der Waals surface area contributed by atoms with Gasteiger partial charge in [-0.05, 0) is 31.9 Å². The van der Waals surface area contributed by atoms with Gasteiger partial charge in [0.1, 0.15) is 11.4 Å². The number of carbonyl (C=O) groups is 1. The number of ether oxygens (including phenoxy) is 1. The Kier molecular flexibility index (Phi) is 4.52. The van der Waals surface area contributed by atoms with Crippen molar-refractivity contribution in [2.75, 3.05) is 25.0 Å². The van der Waals surface area contributed by atoms with Gasteiger partial charge < -0.3 is 15.4 Å². The molecule has 2 rings (SSSR count). The predicted molar refractivity (Wildman–Crippen MR) is 69.7 cm³/mol. The minimum atomic E-state index is -0.330. The Bertz CT molecular complexity index is 405. The summed E-state index contributed by atoms with van der Waals surface area (Å²) >= 11 is 0. The van der Waals surface area contributed by atoms with Crippen LogP contribution in [0.1, 0.15) is 30.1 Å². The summed E-state index contributed by atoms with van der Waals surface area (Å²) in [5.74, 6) is 0.261. The van der Waals surface area contributed by atoms with Crippen LogP contribution in [0.4, 0.5) is 5.82 Å². The van der Waals surface area contributed by atoms with Crippen molar-refractivity contribution in [2.45, 2.75) is 25.8 Å². The van der Waals surface area contributed by atoms with Crippen molar-refractivity contribution in [3.8, 4) is 0 Å². The molecule has 1 aromatic heterocycles. The van der Waals surface area contributed by atoms with Crippen molar-refractivity contribution in [2.24, 2.45) is 0 Å². The van der Waals surface area contributed by atoms with E-state index in [4.69, 9.17) is 4.74 Å². The smallest absolute Gasteiger partial charge is 0.341 e. The lowest BCUT2D eigenvalue weighted by molar-refractivity contribution is 0.0527. The van der Waals surface area contributed by atoms with E-state index < -0.39 is 0 Å². The number of pyridine rings is 1. The van der Waals surface area contributed by atoms with Crippen LogP contribution in [0.3, 0.4) is 0 Å². The van der Waals surface area contributed by atoms with Crippen LogP contribution >= 0.6 is 0 Å². The quantitative estimate of drug-likeness (QED) is 0.565. The third kappa shape index (κ3) is 3.70. The van der Waals surface area contributed by atoms with Gasteiger partial charge in [0.05, 0.1) is 6.61 Å². The lowest BCUT2D eigenvalue weighted by Crippen LogP contribution is -2.24. The second-order valence-corrected chi connectivity index (χ2v) is 4.28. The van der Waals surface area contributed by atoms with Crippen LogP contribution < -0.4 is 10.6 Å². The third-order valence-electron chi connectivity index (χ3n) is 2.73. The number of hydrogen-bond acceptors (Lipinski definition) is 5. The molecular formula is C13H19N3O2. The first-order valence-corrected chi connectivity index (χ1v) is 6.40. The van der Waals surface area contributed by atoms with E-state index in [1.54, 1.807) is 25.3 Å². The molecule has 5 nitrogen and oxygen atoms in total. The molecule has 1 aliphatic rings. The van der Waals surface area contributed by atoms with Crippen LogP contribution in [0.15, 0.2) is 18.3 Å². The van der Waals surface area contributed by atoms with Gasteiger partial charge in [0.25, 0.3) is 0 Å². The fourth-order valence-electron chi connectivity index (χ4n) is 1.66. The molecule has 0 unspecified atom stereocenters. The zero-order valence-corrected chi connectivity index (χ0v) is 10.6. The predicted octanol–water partition coefficient (Wildman–Crippen LogP) is 1.42. The lowest BCUT2D eigenvalue weighted by Gasteiger charge is -2.10. The number of rotatable bonds is 7. The van der Waals surface area contributed by atoms with Gasteiger partial charge in [-0.25, -0.2) is 9.78 Å². The first-order valence-electron chi connectivity index (χ1n) is 6.40. The largest absolute Gasteiger partial charge is 0.462 e. The molecule has 1 fully saturated rings. The number of hydrogen-bond donors (Lipinski definition) is 2. The summed E-state index contributed by atoms with van der Waals surface area (Å²) in [5.41, 5.74) is 0.491. The maximum absolute atomic E-state index is 11.7. The van der Waals surface area contributed by atoms with Gasteiger partial charge in [-0.15, -0.1) is 0 Å². The van der Waals surface area contributed by atoms with Crippen LogP contribution in [0.5, 0.6) is 0 Å². The van der Waals surface area contributed by atoms with Crippen LogP contribution in [-0.2, 0) is 4.74 Å². The van der Waals surface area contributed by atoms with Crippen LogP contribution in [0.2, 0.25) is 0 Å². The minimum absolute atomic E-state index is 0.330. The number of nitrogens with one attached hydrogen (secondary N) is 2. The second kappa shape index (κ2) is 6.35. The molecule has 0 radical (unpaired) electrons. The standard InChI is InChI=1S/C13H19N3O2/c1-2-18-13(17)11-4-3-7-15-12(11)16-9-8-14-10-5-6-10/h3-4,7,10,14H,2,5-6,8-9H2,1H3,(H,15,16). The van der Waals surface area contributed by atoms with Gasteiger partial charge in [0.15, 0.2) is 0 Å². The van der Waals surface area contributed by atoms with E-state index in [0.717, 1.165) is 13.1 Å². The highest BCUT2D eigenvalue weighted by atomic mass is 16.5. The van der Waals surface area contributed by atoms with Crippen LogP contribution in [-0.4, -0.2) is 36.7 Å². The average Bonchev–Trinajstić information content (AvgIpc) is 3.19. The molecule has 0 aliphatic heterocycles. The maximum atomic E-state index is 11.7. The van der Waals surface area contributed by atoms with E-state index in [0.29, 0.717) is 24.0 Å². The Labute approximate surface area is 107 Å². The summed E-state index contributed by atoms with van der Waals surface area (Å²) in [4.78, 5) is 15.9. The molecule has 1 aromatic rings. The maximum Gasteiger partial charge on any atom is 0.341 e. The molecule has 1 saturated carbocycles. The normalized spacial score (nSPS) is 14.3. The van der Waals surface area contributed by atoms with Gasteiger partial charge in [0.2, 0.25) is 0 Å². The Morgan fingerprint density at radius 2 is 2.33 bits per heavy atom. The molecule has 1 aliphatic carbocycles. The Morgan fingerprint density at radius 3 is 3.06 bits per heavy atom. The minimum Gasteiger partial charge on any atom is -0.462 e. The zero-order chi connectivity index (χ0) is 12.8. The number of carbonyl (C=O) groups excluding carboxylic acids is 1. The van der Waals surface area contributed by atoms with Crippen molar-refractivity contribution in [1.29, 1.82) is 0 Å². The van der Waals surface area contributed by atoms with Crippen LogP contribution in [0.25, 0.3) is 0 Å². The molecule has 0 saturated heterocycles. The average molecular weight is 249 g/mol. The summed E-state index contributed by atoms with van der Waals surface area (Å²) < 4.78 is 4.99. The molecule has 18 heavy (non-hydrogen) atoms. The van der Waals surface area contributed by atoms with Gasteiger partial charge in [-0.1, -0.05) is 0 Å². The summed E-state index contributed by atoms with van der Waals surface area (Å²) in [7, 11) is 0. The van der Waals surface area contributed by atoms with Crippen LogP contribution in [0, 0.1) is 0 Å². The SMILES string of the molecule is CCOC(=O)c1cccnc1NCCNC1CC1. The Balaban J connectivity index is 1.87. The van der Waals surface area contributed by atoms with E-state index in [-0.39, 0.29) is 5.97 Å². The fraction of sp³-hybridized carbons (Fsp3) is 0.538. The molecule has 1 heterocycles. The van der Waals surface area contributed by atoms with Gasteiger partial charge >= 0.3 is 5.97 Å². The highest BCUT2D eigenvalue weighted by Gasteiger charge is 2.19. The molecule has 0 amide bonds. The Hall–Kier alpha value is -1.62. The molecule has 5 heteroatoms. The van der Waals surface area contributed by atoms with Gasteiger partial charge in [-0.2, -0.15) is 0 Å². The fourth-order valence-corrected chi connectivity index (χ4v) is 1.66. The molecule has 0 bridgehead atoms. The molecular weight excluding hydrogens is 230 g/mol. The summed E-state index contributed by atoms with van der Waals surface area (Å²) in [6.45, 7) is 3.79. The van der Waals surface area contributed by atoms with Gasteiger partial charge in [0, 0.05) is 25.3 Å². The van der Waals surface area contributed by atoms with Crippen molar-refractivity contribution >= 4 is 11.8 Å². The van der Waals surface area contributed by atoms with Crippen molar-refractivity contribution in [3.05, 3.63) is 23.9 Å². The molecule has 0 spiro atoms. The molecule has 2 N–H and O–H groups in total. The number of anilines is 1. The second-order valence-electron chi connectivity index (χ2n) is 4.28. The van der Waals surface area contributed by atoms with E-state index in [2.05, 4.69) is 15.6 Å². The topological polar surface area (TPSA) is 63.2 Å². The third-order valence-corrected chi connectivity index (χ3v) is 2.73. The van der Waals surface area contributed by atoms with E-state index in [1.165, 1.54) is 12.8 Å². The van der Waals surface area contributed by atoms with Crippen molar-refractivity contribution < 1.29 is 9.53 Å². The summed E-state index contributed by atoms with van der Waals surface area (Å²) in [5, 5.41) is 6.56. The van der Waals surface area contributed by atoms with Crippen molar-refractivity contribution in [3.63, 3.8) is 0 Å². The molecule has 98 valence electrons.